The molecule has 4 nitrogen and oxygen atoms in total. The number of fused-ring (bicyclic) bond motifs is 1. The van der Waals surface area contributed by atoms with Crippen molar-refractivity contribution in [1.82, 2.24) is 15.2 Å². The van der Waals surface area contributed by atoms with Crippen molar-refractivity contribution >= 4 is 16.8 Å². The minimum absolute atomic E-state index is 0.00902. The van der Waals surface area contributed by atoms with E-state index >= 15 is 0 Å². The van der Waals surface area contributed by atoms with Crippen LogP contribution in [0.5, 0.6) is 0 Å². The summed E-state index contributed by atoms with van der Waals surface area (Å²) in [5.41, 5.74) is 1.70. The van der Waals surface area contributed by atoms with Gasteiger partial charge in [0.05, 0.1) is 0 Å². The third kappa shape index (κ3) is 3.11. The summed E-state index contributed by atoms with van der Waals surface area (Å²) in [5, 5.41) is 4.06. The van der Waals surface area contributed by atoms with Crippen molar-refractivity contribution in [3.05, 3.63) is 36.0 Å². The molecule has 0 bridgehead atoms. The molecular weight excluding hydrogens is 226 g/mol. The Kier molecular flexibility index (Phi) is 3.99. The number of amides is 1. The summed E-state index contributed by atoms with van der Waals surface area (Å²) in [6, 6.07) is 7.70. The molecule has 2 rings (SSSR count). The van der Waals surface area contributed by atoms with Crippen LogP contribution >= 0.6 is 0 Å². The Morgan fingerprint density at radius 1 is 1.33 bits per heavy atom. The van der Waals surface area contributed by atoms with Crippen molar-refractivity contribution in [1.29, 1.82) is 0 Å². The molecule has 0 aliphatic heterocycles. The smallest absolute Gasteiger partial charge is 0.251 e. The van der Waals surface area contributed by atoms with Crippen molar-refractivity contribution in [2.75, 3.05) is 27.2 Å². The lowest BCUT2D eigenvalue weighted by Gasteiger charge is -2.09. The Labute approximate surface area is 107 Å². The van der Waals surface area contributed by atoms with Crippen molar-refractivity contribution in [3.63, 3.8) is 0 Å². The topological polar surface area (TPSA) is 48.1 Å². The van der Waals surface area contributed by atoms with E-state index in [-0.39, 0.29) is 5.91 Å². The lowest BCUT2D eigenvalue weighted by Crippen LogP contribution is -2.27. The first-order valence-corrected chi connectivity index (χ1v) is 6.17. The summed E-state index contributed by atoms with van der Waals surface area (Å²) in [6.07, 6.45) is 2.84. The molecule has 0 fully saturated rings. The molecule has 96 valence electrons. The standard InChI is InChI=1S/C14H19N3O/c1-17(2)9-3-7-16-14(18)12-5-4-11-6-8-15-13(11)10-12/h4-6,8,10,15H,3,7,9H2,1-2H3,(H,16,18). The summed E-state index contributed by atoms with van der Waals surface area (Å²) in [4.78, 5) is 17.1. The number of H-pyrrole nitrogens is 1. The van der Waals surface area contributed by atoms with Gasteiger partial charge in [-0.3, -0.25) is 4.79 Å². The average molecular weight is 245 g/mol. The summed E-state index contributed by atoms with van der Waals surface area (Å²) in [7, 11) is 4.06. The summed E-state index contributed by atoms with van der Waals surface area (Å²) in [5.74, 6) is -0.00902. The molecule has 0 unspecified atom stereocenters. The van der Waals surface area contributed by atoms with Gasteiger partial charge < -0.3 is 15.2 Å². The van der Waals surface area contributed by atoms with Crippen LogP contribution < -0.4 is 5.32 Å². The van der Waals surface area contributed by atoms with Gasteiger partial charge >= 0.3 is 0 Å². The van der Waals surface area contributed by atoms with Gasteiger partial charge in [0.25, 0.3) is 5.91 Å². The van der Waals surface area contributed by atoms with E-state index in [0.717, 1.165) is 23.9 Å². The van der Waals surface area contributed by atoms with Gasteiger partial charge in [0, 0.05) is 23.8 Å². The van der Waals surface area contributed by atoms with Crippen LogP contribution in [-0.2, 0) is 0 Å². The molecule has 18 heavy (non-hydrogen) atoms. The maximum absolute atomic E-state index is 11.9. The molecule has 4 heteroatoms. The summed E-state index contributed by atoms with van der Waals surface area (Å²) >= 11 is 0. The minimum Gasteiger partial charge on any atom is -0.361 e. The van der Waals surface area contributed by atoms with Crippen LogP contribution in [0.15, 0.2) is 30.5 Å². The third-order valence-electron chi connectivity index (χ3n) is 2.88. The van der Waals surface area contributed by atoms with Crippen LogP contribution in [0, 0.1) is 0 Å². The van der Waals surface area contributed by atoms with Crippen molar-refractivity contribution in [2.24, 2.45) is 0 Å². The summed E-state index contributed by atoms with van der Waals surface area (Å²) in [6.45, 7) is 1.69. The normalized spacial score (nSPS) is 11.1. The first-order chi connectivity index (χ1) is 8.66. The second-order valence-electron chi connectivity index (χ2n) is 4.69. The second-order valence-corrected chi connectivity index (χ2v) is 4.69. The van der Waals surface area contributed by atoms with Gasteiger partial charge in [-0.1, -0.05) is 6.07 Å². The maximum Gasteiger partial charge on any atom is 0.251 e. The quantitative estimate of drug-likeness (QED) is 0.790. The minimum atomic E-state index is -0.00902. The lowest BCUT2D eigenvalue weighted by molar-refractivity contribution is 0.0952. The Balaban J connectivity index is 1.92. The van der Waals surface area contributed by atoms with E-state index in [9.17, 15) is 4.79 Å². The zero-order valence-electron chi connectivity index (χ0n) is 10.9. The molecule has 1 aromatic heterocycles. The Hall–Kier alpha value is -1.81. The van der Waals surface area contributed by atoms with Crippen LogP contribution in [-0.4, -0.2) is 43.0 Å². The molecule has 0 spiro atoms. The highest BCUT2D eigenvalue weighted by atomic mass is 16.1. The number of hydrogen-bond donors (Lipinski definition) is 2. The largest absolute Gasteiger partial charge is 0.361 e. The number of aromatic nitrogens is 1. The lowest BCUT2D eigenvalue weighted by atomic mass is 10.1. The highest BCUT2D eigenvalue weighted by Crippen LogP contribution is 2.13. The van der Waals surface area contributed by atoms with E-state index in [4.69, 9.17) is 0 Å². The SMILES string of the molecule is CN(C)CCCNC(=O)c1ccc2cc[nH]c2c1. The van der Waals surface area contributed by atoms with Crippen LogP contribution in [0.1, 0.15) is 16.8 Å². The molecule has 0 saturated heterocycles. The molecule has 0 atom stereocenters. The van der Waals surface area contributed by atoms with Gasteiger partial charge in [0.1, 0.15) is 0 Å². The monoisotopic (exact) mass is 245 g/mol. The predicted molar refractivity (Wildman–Crippen MR) is 73.8 cm³/mol. The van der Waals surface area contributed by atoms with Crippen molar-refractivity contribution < 1.29 is 4.79 Å². The Morgan fingerprint density at radius 3 is 2.94 bits per heavy atom. The number of aromatic amines is 1. The zero-order chi connectivity index (χ0) is 13.0. The molecule has 2 aromatic rings. The molecule has 1 aromatic carbocycles. The molecule has 0 saturated carbocycles. The number of nitrogens with one attached hydrogen (secondary N) is 2. The van der Waals surface area contributed by atoms with E-state index < -0.39 is 0 Å². The number of carbonyl (C=O) groups excluding carboxylic acids is 1. The van der Waals surface area contributed by atoms with E-state index in [0.29, 0.717) is 12.1 Å². The Bertz CT molecular complexity index is 531. The number of hydrogen-bond acceptors (Lipinski definition) is 2. The highest BCUT2D eigenvalue weighted by Gasteiger charge is 2.05. The van der Waals surface area contributed by atoms with Gasteiger partial charge in [-0.25, -0.2) is 0 Å². The fourth-order valence-electron chi connectivity index (χ4n) is 1.89. The van der Waals surface area contributed by atoms with E-state index in [1.54, 1.807) is 0 Å². The fraction of sp³-hybridized carbons (Fsp3) is 0.357. The molecule has 0 radical (unpaired) electrons. The van der Waals surface area contributed by atoms with Crippen LogP contribution in [0.2, 0.25) is 0 Å². The molecule has 1 amide bonds. The van der Waals surface area contributed by atoms with Crippen LogP contribution in [0.25, 0.3) is 10.9 Å². The first kappa shape index (κ1) is 12.6. The first-order valence-electron chi connectivity index (χ1n) is 6.17. The second kappa shape index (κ2) is 5.69. The fourth-order valence-corrected chi connectivity index (χ4v) is 1.89. The van der Waals surface area contributed by atoms with E-state index in [1.807, 2.05) is 44.6 Å². The number of benzene rings is 1. The third-order valence-corrected chi connectivity index (χ3v) is 2.88. The van der Waals surface area contributed by atoms with Gasteiger partial charge in [-0.2, -0.15) is 0 Å². The van der Waals surface area contributed by atoms with Crippen LogP contribution in [0.3, 0.4) is 0 Å². The number of nitrogens with zero attached hydrogens (tertiary/aromatic N) is 1. The Morgan fingerprint density at radius 2 is 2.17 bits per heavy atom. The van der Waals surface area contributed by atoms with Crippen molar-refractivity contribution in [3.8, 4) is 0 Å². The maximum atomic E-state index is 11.9. The average Bonchev–Trinajstić information content (AvgIpc) is 2.81. The molecular formula is C14H19N3O. The van der Waals surface area contributed by atoms with Gasteiger partial charge in [-0.15, -0.1) is 0 Å². The van der Waals surface area contributed by atoms with Gasteiger partial charge in [0.2, 0.25) is 0 Å². The highest BCUT2D eigenvalue weighted by molar-refractivity contribution is 5.97. The van der Waals surface area contributed by atoms with Crippen molar-refractivity contribution in [2.45, 2.75) is 6.42 Å². The van der Waals surface area contributed by atoms with Crippen LogP contribution in [0.4, 0.5) is 0 Å². The number of carbonyl (C=O) groups is 1. The van der Waals surface area contributed by atoms with E-state index in [2.05, 4.69) is 15.2 Å². The number of rotatable bonds is 5. The molecule has 0 aliphatic rings. The summed E-state index contributed by atoms with van der Waals surface area (Å²) < 4.78 is 0. The molecule has 1 heterocycles. The molecule has 2 N–H and O–H groups in total. The van der Waals surface area contributed by atoms with Gasteiger partial charge in [-0.05, 0) is 50.6 Å². The zero-order valence-corrected chi connectivity index (χ0v) is 10.9. The van der Waals surface area contributed by atoms with E-state index in [1.165, 1.54) is 0 Å². The predicted octanol–water partition coefficient (Wildman–Crippen LogP) is 1.85. The van der Waals surface area contributed by atoms with Gasteiger partial charge in [0.15, 0.2) is 0 Å². The molecule has 0 aliphatic carbocycles.